The van der Waals surface area contributed by atoms with Gasteiger partial charge in [-0.3, -0.25) is 9.59 Å². The summed E-state index contributed by atoms with van der Waals surface area (Å²) in [4.78, 5) is 52.5. The molecular formula is C64H86Cl4O8. The summed E-state index contributed by atoms with van der Waals surface area (Å²) in [6.45, 7) is 15.1. The molecule has 0 heterocycles. The van der Waals surface area contributed by atoms with Gasteiger partial charge in [0.15, 0.2) is 0 Å². The van der Waals surface area contributed by atoms with Crippen LogP contribution in [0, 0.1) is 92.7 Å². The van der Waals surface area contributed by atoms with Gasteiger partial charge in [-0.1, -0.05) is 100 Å². The standard InChI is InChI=1S/C64H86Cl4O8/c1-37(45-19-21-47-43-17-15-39-35-41(75-59(71)57-51(65)9-7-10-52(57)66)25-29-61(39,3)49(43)27-31-63(45,47)5)13-23-55(69)73-33-34-74-56(70)24-14-38(2)46-20-22-48-44-18-16-40-36-42(76-60(72)58-53(67)11-8-12-54(58)68)26-30-62(40,4)50(44)28-32-64(46,48)6/h7-12,37-50H,13-36H2,1-6H3/t37-,38-,39-,40-,41-,42-,43+,44+,45-,46-,47+,48+,49+,50+,61+,62+,63-,64-/m1/s1. The first-order chi connectivity index (χ1) is 36.2. The maximum atomic E-state index is 13.2. The fourth-order valence-corrected chi connectivity index (χ4v) is 21.1. The number of hydrogen-bond donors (Lipinski definition) is 0. The minimum absolute atomic E-state index is 0.105. The monoisotopic (exact) mass is 1120 g/mol. The van der Waals surface area contributed by atoms with E-state index in [-0.39, 0.29) is 70.1 Å². The fraction of sp³-hybridized carbons (Fsp3) is 0.750. The van der Waals surface area contributed by atoms with E-state index in [0.29, 0.717) is 92.1 Å². The summed E-state index contributed by atoms with van der Waals surface area (Å²) in [6.07, 6.45) is 22.8. The Hall–Kier alpha value is -2.52. The lowest BCUT2D eigenvalue weighted by atomic mass is 9.44. The van der Waals surface area contributed by atoms with E-state index in [1.807, 2.05) is 0 Å². The molecule has 12 heteroatoms. The zero-order chi connectivity index (χ0) is 53.9. The normalized spacial score (nSPS) is 39.1. The molecule has 418 valence electrons. The van der Waals surface area contributed by atoms with Gasteiger partial charge >= 0.3 is 23.9 Å². The Morgan fingerprint density at radius 1 is 0.487 bits per heavy atom. The molecule has 8 nitrogen and oxygen atoms in total. The summed E-state index contributed by atoms with van der Waals surface area (Å²) in [5, 5.41) is 1.33. The van der Waals surface area contributed by atoms with Crippen LogP contribution in [0.5, 0.6) is 0 Å². The molecule has 10 rings (SSSR count). The summed E-state index contributed by atoms with van der Waals surface area (Å²) in [5.74, 6) is 6.19. The number of hydrogen-bond acceptors (Lipinski definition) is 8. The minimum Gasteiger partial charge on any atom is -0.462 e. The third-order valence-electron chi connectivity index (χ3n) is 23.9. The van der Waals surface area contributed by atoms with E-state index in [1.54, 1.807) is 36.4 Å². The molecule has 0 unspecified atom stereocenters. The highest BCUT2D eigenvalue weighted by Crippen LogP contribution is 2.70. The van der Waals surface area contributed by atoms with Gasteiger partial charge in [-0.2, -0.15) is 0 Å². The van der Waals surface area contributed by atoms with E-state index in [4.69, 9.17) is 65.4 Å². The second-order valence-corrected chi connectivity index (χ2v) is 28.7. The molecule has 76 heavy (non-hydrogen) atoms. The van der Waals surface area contributed by atoms with E-state index in [0.717, 1.165) is 63.2 Å². The molecule has 8 saturated carbocycles. The van der Waals surface area contributed by atoms with Gasteiger partial charge in [0.1, 0.15) is 25.4 Å². The van der Waals surface area contributed by atoms with Gasteiger partial charge in [0.25, 0.3) is 0 Å². The highest BCUT2D eigenvalue weighted by Gasteiger charge is 2.63. The van der Waals surface area contributed by atoms with Crippen molar-refractivity contribution < 1.29 is 38.1 Å². The van der Waals surface area contributed by atoms with Gasteiger partial charge in [-0.25, -0.2) is 9.59 Å². The molecule has 0 aliphatic heterocycles. The smallest absolute Gasteiger partial charge is 0.341 e. The molecule has 2 aromatic carbocycles. The number of ether oxygens (including phenoxy) is 4. The average molecular weight is 1130 g/mol. The Balaban J connectivity index is 0.621. The van der Waals surface area contributed by atoms with Crippen LogP contribution < -0.4 is 0 Å². The number of carbonyl (C=O) groups is 4. The summed E-state index contributed by atoms with van der Waals surface area (Å²) in [6, 6.07) is 10.2. The minimum atomic E-state index is -0.413. The maximum Gasteiger partial charge on any atom is 0.341 e. The second-order valence-electron chi connectivity index (χ2n) is 27.0. The first-order valence-corrected chi connectivity index (χ1v) is 31.4. The van der Waals surface area contributed by atoms with Crippen LogP contribution in [0.15, 0.2) is 36.4 Å². The van der Waals surface area contributed by atoms with E-state index in [9.17, 15) is 19.2 Å². The zero-order valence-corrected chi connectivity index (χ0v) is 49.3. The van der Waals surface area contributed by atoms with Crippen LogP contribution in [-0.2, 0) is 28.5 Å². The molecule has 8 aliphatic rings. The van der Waals surface area contributed by atoms with Crippen molar-refractivity contribution in [3.05, 3.63) is 67.6 Å². The molecule has 0 saturated heterocycles. The Bertz CT molecular complexity index is 2270. The molecule has 2 aromatic rings. The van der Waals surface area contributed by atoms with Gasteiger partial charge in [-0.05, 0) is 245 Å². The van der Waals surface area contributed by atoms with E-state index in [1.165, 1.54) is 77.0 Å². The van der Waals surface area contributed by atoms with Gasteiger partial charge in [0.2, 0.25) is 0 Å². The van der Waals surface area contributed by atoms with Gasteiger partial charge < -0.3 is 18.9 Å². The number of benzene rings is 2. The van der Waals surface area contributed by atoms with Crippen LogP contribution in [0.4, 0.5) is 0 Å². The Morgan fingerprint density at radius 3 is 1.22 bits per heavy atom. The highest BCUT2D eigenvalue weighted by atomic mass is 35.5. The molecule has 8 fully saturated rings. The quantitative estimate of drug-likeness (QED) is 0.0987. The average Bonchev–Trinajstić information content (AvgIpc) is 3.96. The van der Waals surface area contributed by atoms with Crippen LogP contribution >= 0.6 is 46.4 Å². The SMILES string of the molecule is C[C@H](CCC(=O)OCCOC(=O)CC[C@@H](C)[C@H]1CC[C@H]2[C@@H]3CC[C@@H]4C[C@H](OC(=O)c5c(Cl)cccc5Cl)CC[C@]4(C)[C@H]3CC[C@]12C)[C@H]1CC[C@H]2[C@@H]3CC[C@@H]4C[C@H](OC(=O)c5c(Cl)cccc5Cl)CC[C@]4(C)[C@H]3CC[C@]12C. The predicted molar refractivity (Wildman–Crippen MR) is 300 cm³/mol. The van der Waals surface area contributed by atoms with Crippen molar-refractivity contribution >= 4 is 70.3 Å². The van der Waals surface area contributed by atoms with Crippen LogP contribution in [0.25, 0.3) is 0 Å². The lowest BCUT2D eigenvalue weighted by molar-refractivity contribution is -0.153. The largest absolute Gasteiger partial charge is 0.462 e. The Kier molecular flexibility index (Phi) is 17.0. The first kappa shape index (κ1) is 56.7. The number of rotatable bonds is 15. The summed E-state index contributed by atoms with van der Waals surface area (Å²) in [5.41, 5.74) is 1.63. The molecule has 0 N–H and O–H groups in total. The number of fused-ring (bicyclic) bond motifs is 10. The van der Waals surface area contributed by atoms with Crippen LogP contribution in [0.1, 0.15) is 204 Å². The van der Waals surface area contributed by atoms with Gasteiger partial charge in [-0.15, -0.1) is 0 Å². The van der Waals surface area contributed by atoms with E-state index in [2.05, 4.69) is 41.5 Å². The van der Waals surface area contributed by atoms with Crippen molar-refractivity contribution in [3.63, 3.8) is 0 Å². The number of esters is 4. The number of halogens is 4. The molecule has 8 aliphatic carbocycles. The van der Waals surface area contributed by atoms with Gasteiger partial charge in [0.05, 0.1) is 31.2 Å². The van der Waals surface area contributed by atoms with Gasteiger partial charge in [0, 0.05) is 12.8 Å². The fourth-order valence-electron chi connectivity index (χ4n) is 20.0. The summed E-state index contributed by atoms with van der Waals surface area (Å²) in [7, 11) is 0. The van der Waals surface area contributed by atoms with Crippen molar-refractivity contribution in [2.24, 2.45) is 92.7 Å². The van der Waals surface area contributed by atoms with Crippen molar-refractivity contribution in [2.75, 3.05) is 13.2 Å². The Labute approximate surface area is 474 Å². The molecule has 18 atom stereocenters. The van der Waals surface area contributed by atoms with Crippen LogP contribution in [-0.4, -0.2) is 49.3 Å². The van der Waals surface area contributed by atoms with Crippen LogP contribution in [0.3, 0.4) is 0 Å². The topological polar surface area (TPSA) is 105 Å². The maximum absolute atomic E-state index is 13.2. The van der Waals surface area contributed by atoms with Crippen LogP contribution in [0.2, 0.25) is 20.1 Å². The lowest BCUT2D eigenvalue weighted by Crippen LogP contribution is -2.54. The lowest BCUT2D eigenvalue weighted by Gasteiger charge is -2.61. The third kappa shape index (κ3) is 10.7. The van der Waals surface area contributed by atoms with Crippen molar-refractivity contribution in [1.29, 1.82) is 0 Å². The zero-order valence-electron chi connectivity index (χ0n) is 46.3. The predicted octanol–water partition coefficient (Wildman–Crippen LogP) is 17.3. The molecular weight excluding hydrogens is 1040 g/mol. The highest BCUT2D eigenvalue weighted by molar-refractivity contribution is 6.40. The summed E-state index contributed by atoms with van der Waals surface area (Å²) >= 11 is 25.4. The van der Waals surface area contributed by atoms with Crippen molar-refractivity contribution in [1.82, 2.24) is 0 Å². The molecule has 0 bridgehead atoms. The number of carbonyl (C=O) groups excluding carboxylic acids is 4. The van der Waals surface area contributed by atoms with E-state index >= 15 is 0 Å². The third-order valence-corrected chi connectivity index (χ3v) is 25.1. The molecule has 0 amide bonds. The Morgan fingerprint density at radius 2 is 0.842 bits per heavy atom. The van der Waals surface area contributed by atoms with Crippen molar-refractivity contribution in [3.8, 4) is 0 Å². The second kappa shape index (κ2) is 22.8. The molecule has 0 radical (unpaired) electrons. The molecule has 0 aromatic heterocycles. The van der Waals surface area contributed by atoms with E-state index < -0.39 is 11.9 Å². The molecule has 0 spiro atoms. The summed E-state index contributed by atoms with van der Waals surface area (Å²) < 4.78 is 23.5. The van der Waals surface area contributed by atoms with Crippen molar-refractivity contribution in [2.45, 2.75) is 195 Å². The first-order valence-electron chi connectivity index (χ1n) is 29.9.